The lowest BCUT2D eigenvalue weighted by Crippen LogP contribution is -2.50. The lowest BCUT2D eigenvalue weighted by Gasteiger charge is -2.37. The van der Waals surface area contributed by atoms with E-state index in [1.807, 2.05) is 0 Å². The van der Waals surface area contributed by atoms with E-state index >= 15 is 0 Å². The number of nitrogens with zero attached hydrogens (tertiary/aromatic N) is 4. The van der Waals surface area contributed by atoms with E-state index in [2.05, 4.69) is 19.8 Å². The maximum Gasteiger partial charge on any atom is 0.147 e. The second-order valence-corrected chi connectivity index (χ2v) is 4.58. The zero-order chi connectivity index (χ0) is 11.0. The highest BCUT2D eigenvalue weighted by Gasteiger charge is 2.30. The average Bonchev–Trinajstić information content (AvgIpc) is 2.77. The summed E-state index contributed by atoms with van der Waals surface area (Å²) in [4.78, 5) is 13.3. The first-order valence-corrected chi connectivity index (χ1v) is 5.89. The van der Waals surface area contributed by atoms with Gasteiger partial charge in [0.25, 0.3) is 0 Å². The molecule has 2 aliphatic rings. The van der Waals surface area contributed by atoms with Crippen LogP contribution in [0.2, 0.25) is 0 Å². The number of fused-ring (bicyclic) bond motifs is 1. The second-order valence-electron chi connectivity index (χ2n) is 4.58. The fourth-order valence-electron chi connectivity index (χ4n) is 2.69. The van der Waals surface area contributed by atoms with Crippen molar-refractivity contribution in [3.8, 4) is 0 Å². The Morgan fingerprint density at radius 2 is 2.12 bits per heavy atom. The third-order valence-corrected chi connectivity index (χ3v) is 3.57. The molecule has 0 radical (unpaired) electrons. The minimum Gasteiger partial charge on any atom is -0.382 e. The number of piperazine rings is 1. The van der Waals surface area contributed by atoms with Crippen LogP contribution in [0.25, 0.3) is 0 Å². The van der Waals surface area contributed by atoms with E-state index in [0.717, 1.165) is 25.5 Å². The Kier molecular flexibility index (Phi) is 2.40. The smallest absolute Gasteiger partial charge is 0.147 e. The topological polar surface area (TPSA) is 58.3 Å². The normalized spacial score (nSPS) is 25.8. The van der Waals surface area contributed by atoms with Crippen LogP contribution < -0.4 is 10.6 Å². The van der Waals surface area contributed by atoms with Crippen molar-refractivity contribution in [3.63, 3.8) is 0 Å². The van der Waals surface area contributed by atoms with E-state index in [9.17, 15) is 0 Å². The molecule has 2 saturated heterocycles. The van der Waals surface area contributed by atoms with Crippen molar-refractivity contribution < 1.29 is 0 Å². The Labute approximate surface area is 95.3 Å². The molecule has 3 heterocycles. The highest BCUT2D eigenvalue weighted by atomic mass is 15.3. The van der Waals surface area contributed by atoms with Gasteiger partial charge in [0, 0.05) is 25.7 Å². The molecular weight excluding hydrogens is 202 g/mol. The molecule has 2 aliphatic heterocycles. The molecule has 1 aromatic heterocycles. The summed E-state index contributed by atoms with van der Waals surface area (Å²) >= 11 is 0. The number of hydrogen-bond acceptors (Lipinski definition) is 5. The van der Waals surface area contributed by atoms with Crippen LogP contribution in [-0.2, 0) is 0 Å². The number of aromatic nitrogens is 2. The molecule has 16 heavy (non-hydrogen) atoms. The summed E-state index contributed by atoms with van der Waals surface area (Å²) in [5.74, 6) is 1.45. The van der Waals surface area contributed by atoms with Crippen LogP contribution in [-0.4, -0.2) is 47.1 Å². The number of nitrogen functional groups attached to an aromatic ring is 1. The number of rotatable bonds is 1. The van der Waals surface area contributed by atoms with Crippen LogP contribution >= 0.6 is 0 Å². The summed E-state index contributed by atoms with van der Waals surface area (Å²) < 4.78 is 0. The number of nitrogens with two attached hydrogens (primary N) is 1. The standard InChI is InChI=1S/C11H17N5/c12-10-6-14-11(7-13-10)16-5-4-15-3-1-2-9(15)8-16/h6-7,9H,1-5,8H2,(H2,12,13). The predicted molar refractivity (Wildman–Crippen MR) is 63.3 cm³/mol. The highest BCUT2D eigenvalue weighted by molar-refractivity contribution is 5.40. The maximum absolute atomic E-state index is 5.54. The molecule has 0 saturated carbocycles. The van der Waals surface area contributed by atoms with Gasteiger partial charge in [-0.1, -0.05) is 0 Å². The molecule has 5 nitrogen and oxygen atoms in total. The molecule has 0 amide bonds. The van der Waals surface area contributed by atoms with Gasteiger partial charge in [0.15, 0.2) is 0 Å². The molecule has 3 rings (SSSR count). The van der Waals surface area contributed by atoms with Crippen LogP contribution in [0.4, 0.5) is 11.6 Å². The Morgan fingerprint density at radius 3 is 2.94 bits per heavy atom. The van der Waals surface area contributed by atoms with Crippen LogP contribution in [0, 0.1) is 0 Å². The van der Waals surface area contributed by atoms with Gasteiger partial charge >= 0.3 is 0 Å². The SMILES string of the molecule is Nc1cnc(N2CCN3CCCC3C2)cn1. The third-order valence-electron chi connectivity index (χ3n) is 3.57. The lowest BCUT2D eigenvalue weighted by molar-refractivity contribution is 0.230. The van der Waals surface area contributed by atoms with E-state index in [1.165, 1.54) is 19.4 Å². The quantitative estimate of drug-likeness (QED) is 0.738. The first-order valence-electron chi connectivity index (χ1n) is 5.89. The van der Waals surface area contributed by atoms with Crippen molar-refractivity contribution in [2.24, 2.45) is 0 Å². The summed E-state index contributed by atoms with van der Waals surface area (Å²) in [6.07, 6.45) is 6.07. The first-order chi connectivity index (χ1) is 7.83. The van der Waals surface area contributed by atoms with Gasteiger partial charge in [-0.3, -0.25) is 4.90 Å². The van der Waals surface area contributed by atoms with Crippen molar-refractivity contribution in [1.29, 1.82) is 0 Å². The molecule has 1 unspecified atom stereocenters. The Bertz CT molecular complexity index is 363. The average molecular weight is 219 g/mol. The van der Waals surface area contributed by atoms with Gasteiger partial charge in [-0.2, -0.15) is 0 Å². The predicted octanol–water partition coefficient (Wildman–Crippen LogP) is 0.343. The van der Waals surface area contributed by atoms with E-state index in [-0.39, 0.29) is 0 Å². The zero-order valence-electron chi connectivity index (χ0n) is 9.34. The second kappa shape index (κ2) is 3.90. The van der Waals surface area contributed by atoms with Gasteiger partial charge in [-0.25, -0.2) is 9.97 Å². The summed E-state index contributed by atoms with van der Waals surface area (Å²) in [6, 6.07) is 0.716. The first kappa shape index (κ1) is 9.84. The number of anilines is 2. The van der Waals surface area contributed by atoms with E-state index in [0.29, 0.717) is 11.9 Å². The van der Waals surface area contributed by atoms with Crippen LogP contribution in [0.15, 0.2) is 12.4 Å². The molecule has 0 aliphatic carbocycles. The molecule has 0 spiro atoms. The summed E-state index contributed by atoms with van der Waals surface area (Å²) in [7, 11) is 0. The van der Waals surface area contributed by atoms with E-state index in [4.69, 9.17) is 5.73 Å². The molecular formula is C11H17N5. The third kappa shape index (κ3) is 1.71. The molecule has 0 bridgehead atoms. The summed E-state index contributed by atoms with van der Waals surface area (Å²) in [5, 5.41) is 0. The van der Waals surface area contributed by atoms with Gasteiger partial charge in [-0.15, -0.1) is 0 Å². The van der Waals surface area contributed by atoms with Crippen molar-refractivity contribution in [2.45, 2.75) is 18.9 Å². The van der Waals surface area contributed by atoms with Gasteiger partial charge in [0.2, 0.25) is 0 Å². The van der Waals surface area contributed by atoms with Crippen molar-refractivity contribution in [2.75, 3.05) is 36.8 Å². The van der Waals surface area contributed by atoms with Crippen LogP contribution in [0.3, 0.4) is 0 Å². The minimum absolute atomic E-state index is 0.489. The largest absolute Gasteiger partial charge is 0.382 e. The highest BCUT2D eigenvalue weighted by Crippen LogP contribution is 2.23. The van der Waals surface area contributed by atoms with Gasteiger partial charge in [-0.05, 0) is 19.4 Å². The molecule has 86 valence electrons. The van der Waals surface area contributed by atoms with Gasteiger partial charge in [0.1, 0.15) is 11.6 Å². The monoisotopic (exact) mass is 219 g/mol. The van der Waals surface area contributed by atoms with Gasteiger partial charge < -0.3 is 10.6 Å². The van der Waals surface area contributed by atoms with Crippen LogP contribution in [0.5, 0.6) is 0 Å². The molecule has 1 aromatic rings. The van der Waals surface area contributed by atoms with Crippen molar-refractivity contribution in [1.82, 2.24) is 14.9 Å². The minimum atomic E-state index is 0.489. The Hall–Kier alpha value is -1.36. The summed E-state index contributed by atoms with van der Waals surface area (Å²) in [6.45, 7) is 4.55. The molecule has 0 aromatic carbocycles. The lowest BCUT2D eigenvalue weighted by atomic mass is 10.1. The molecule has 2 fully saturated rings. The van der Waals surface area contributed by atoms with Gasteiger partial charge in [0.05, 0.1) is 12.4 Å². The Balaban J connectivity index is 1.74. The van der Waals surface area contributed by atoms with Crippen molar-refractivity contribution in [3.05, 3.63) is 12.4 Å². The van der Waals surface area contributed by atoms with Crippen molar-refractivity contribution >= 4 is 11.6 Å². The molecule has 5 heteroatoms. The molecule has 1 atom stereocenters. The fourth-order valence-corrected chi connectivity index (χ4v) is 2.69. The van der Waals surface area contributed by atoms with E-state index in [1.54, 1.807) is 12.4 Å². The maximum atomic E-state index is 5.54. The summed E-state index contributed by atoms with van der Waals surface area (Å²) in [5.41, 5.74) is 5.54. The number of hydrogen-bond donors (Lipinski definition) is 1. The fraction of sp³-hybridized carbons (Fsp3) is 0.636. The Morgan fingerprint density at radius 1 is 1.19 bits per heavy atom. The van der Waals surface area contributed by atoms with E-state index < -0.39 is 0 Å². The zero-order valence-corrected chi connectivity index (χ0v) is 9.34. The van der Waals surface area contributed by atoms with Crippen LogP contribution in [0.1, 0.15) is 12.8 Å². The molecule has 2 N–H and O–H groups in total.